The van der Waals surface area contributed by atoms with Crippen molar-refractivity contribution < 1.29 is 9.84 Å². The second-order valence-electron chi connectivity index (χ2n) is 7.17. The topological polar surface area (TPSA) is 50.5 Å². The van der Waals surface area contributed by atoms with Gasteiger partial charge in [-0.25, -0.2) is 0 Å². The lowest BCUT2D eigenvalue weighted by Crippen LogP contribution is -2.55. The molecule has 1 fully saturated rings. The summed E-state index contributed by atoms with van der Waals surface area (Å²) in [5, 5.41) is 14.5. The summed E-state index contributed by atoms with van der Waals surface area (Å²) >= 11 is 0. The van der Waals surface area contributed by atoms with E-state index < -0.39 is 5.60 Å². The molecule has 0 radical (unpaired) electrons. The van der Waals surface area contributed by atoms with Crippen LogP contribution in [0, 0.1) is 6.92 Å². The van der Waals surface area contributed by atoms with E-state index in [1.165, 1.54) is 16.7 Å². The molecule has 0 aliphatic carbocycles. The number of aromatic nitrogens is 2. The van der Waals surface area contributed by atoms with Crippen LogP contribution in [-0.4, -0.2) is 51.7 Å². The Morgan fingerprint density at radius 3 is 2.76 bits per heavy atom. The molecule has 1 aliphatic heterocycles. The Morgan fingerprint density at radius 1 is 1.24 bits per heavy atom. The quantitative estimate of drug-likeness (QED) is 0.839. The van der Waals surface area contributed by atoms with E-state index in [9.17, 15) is 5.11 Å². The summed E-state index contributed by atoms with van der Waals surface area (Å²) in [6, 6.07) is 8.49. The van der Waals surface area contributed by atoms with Crippen LogP contribution in [0.3, 0.4) is 0 Å². The van der Waals surface area contributed by atoms with Crippen LogP contribution < -0.4 is 0 Å². The first kappa shape index (κ1) is 18.1. The Kier molecular flexibility index (Phi) is 5.89. The van der Waals surface area contributed by atoms with E-state index in [4.69, 9.17) is 4.74 Å². The number of hydrogen-bond donors (Lipinski definition) is 1. The molecule has 1 aromatic carbocycles. The zero-order valence-corrected chi connectivity index (χ0v) is 15.3. The Morgan fingerprint density at radius 2 is 2.04 bits per heavy atom. The van der Waals surface area contributed by atoms with Crippen molar-refractivity contribution in [1.82, 2.24) is 14.7 Å². The lowest BCUT2D eigenvalue weighted by Gasteiger charge is -2.42. The molecule has 1 aromatic heterocycles. The van der Waals surface area contributed by atoms with Crippen LogP contribution in [0.25, 0.3) is 0 Å². The maximum Gasteiger partial charge on any atom is 0.108 e. The molecular weight excluding hydrogens is 314 g/mol. The van der Waals surface area contributed by atoms with Crippen molar-refractivity contribution in [3.05, 3.63) is 53.3 Å². The highest BCUT2D eigenvalue weighted by atomic mass is 16.5. The molecule has 1 aliphatic rings. The molecule has 5 nitrogen and oxygen atoms in total. The van der Waals surface area contributed by atoms with Gasteiger partial charge in [-0.05, 0) is 18.9 Å². The number of aryl methyl sites for hydroxylation is 2. The average molecular weight is 343 g/mol. The van der Waals surface area contributed by atoms with Crippen molar-refractivity contribution in [2.75, 3.05) is 26.3 Å². The van der Waals surface area contributed by atoms with Crippen LogP contribution in [0.2, 0.25) is 0 Å². The van der Waals surface area contributed by atoms with Crippen LogP contribution >= 0.6 is 0 Å². The molecule has 136 valence electrons. The molecule has 25 heavy (non-hydrogen) atoms. The molecule has 1 atom stereocenters. The molecule has 2 heterocycles. The van der Waals surface area contributed by atoms with Gasteiger partial charge in [0, 0.05) is 44.4 Å². The fourth-order valence-corrected chi connectivity index (χ4v) is 3.49. The lowest BCUT2D eigenvalue weighted by molar-refractivity contribution is -0.134. The van der Waals surface area contributed by atoms with Crippen LogP contribution in [0.1, 0.15) is 30.0 Å². The number of nitrogens with zero attached hydrogens (tertiary/aromatic N) is 3. The van der Waals surface area contributed by atoms with Gasteiger partial charge in [0.1, 0.15) is 5.60 Å². The van der Waals surface area contributed by atoms with Crippen LogP contribution in [0.5, 0.6) is 0 Å². The highest BCUT2D eigenvalue weighted by molar-refractivity contribution is 5.23. The predicted octanol–water partition coefficient (Wildman–Crippen LogP) is 2.41. The van der Waals surface area contributed by atoms with E-state index in [0.717, 1.165) is 39.0 Å². The predicted molar refractivity (Wildman–Crippen MR) is 98.4 cm³/mol. The second kappa shape index (κ2) is 8.13. The van der Waals surface area contributed by atoms with Crippen molar-refractivity contribution in [3.8, 4) is 0 Å². The largest absolute Gasteiger partial charge is 0.393 e. The van der Waals surface area contributed by atoms with Crippen LogP contribution in [-0.2, 0) is 24.2 Å². The second-order valence-corrected chi connectivity index (χ2v) is 7.17. The summed E-state index contributed by atoms with van der Waals surface area (Å²) in [4.78, 5) is 2.36. The van der Waals surface area contributed by atoms with E-state index in [0.29, 0.717) is 6.61 Å². The Hall–Kier alpha value is -1.69. The van der Waals surface area contributed by atoms with Gasteiger partial charge in [0.05, 0.1) is 19.4 Å². The Labute approximate surface area is 150 Å². The summed E-state index contributed by atoms with van der Waals surface area (Å²) in [7, 11) is 0. The third kappa shape index (κ3) is 4.69. The lowest BCUT2D eigenvalue weighted by atomic mass is 9.92. The minimum Gasteiger partial charge on any atom is -0.393 e. The summed E-state index contributed by atoms with van der Waals surface area (Å²) in [6.07, 6.45) is 5.89. The Balaban J connectivity index is 1.65. The third-order valence-corrected chi connectivity index (χ3v) is 4.81. The first-order valence-corrected chi connectivity index (χ1v) is 9.16. The number of benzene rings is 1. The third-order valence-electron chi connectivity index (χ3n) is 4.81. The van der Waals surface area contributed by atoms with Gasteiger partial charge in [-0.1, -0.05) is 36.8 Å². The molecule has 0 amide bonds. The van der Waals surface area contributed by atoms with Crippen molar-refractivity contribution in [3.63, 3.8) is 0 Å². The SMILES string of the molecule is CCCn1cc(CN2CCO[C@@](CO)(Cc3ccc(C)cc3)C2)cn1. The standard InChI is InChI=1S/C20H29N3O2/c1-3-8-23-14-19(12-21-23)13-22-9-10-25-20(15-22,16-24)11-18-6-4-17(2)5-7-18/h4-7,12,14,24H,3,8-11,13,15-16H2,1-2H3/t20-/m0/s1. The molecule has 0 spiro atoms. The maximum absolute atomic E-state index is 10.0. The average Bonchev–Trinajstić information content (AvgIpc) is 3.05. The molecule has 0 unspecified atom stereocenters. The minimum absolute atomic E-state index is 0.0342. The van der Waals surface area contributed by atoms with E-state index in [1.54, 1.807) is 0 Å². The van der Waals surface area contributed by atoms with E-state index in [-0.39, 0.29) is 6.61 Å². The van der Waals surface area contributed by atoms with Gasteiger partial charge < -0.3 is 9.84 Å². The molecule has 1 saturated heterocycles. The minimum atomic E-state index is -0.521. The van der Waals surface area contributed by atoms with E-state index in [2.05, 4.69) is 54.3 Å². The highest BCUT2D eigenvalue weighted by Crippen LogP contribution is 2.24. The van der Waals surface area contributed by atoms with E-state index in [1.807, 2.05) is 10.9 Å². The van der Waals surface area contributed by atoms with Gasteiger partial charge in [-0.3, -0.25) is 9.58 Å². The fourth-order valence-electron chi connectivity index (χ4n) is 3.49. The van der Waals surface area contributed by atoms with Gasteiger partial charge in [-0.2, -0.15) is 5.10 Å². The summed E-state index contributed by atoms with van der Waals surface area (Å²) < 4.78 is 8.05. The zero-order chi connectivity index (χ0) is 17.7. The summed E-state index contributed by atoms with van der Waals surface area (Å²) in [6.45, 7) is 8.35. The summed E-state index contributed by atoms with van der Waals surface area (Å²) in [5.41, 5.74) is 3.15. The number of ether oxygens (including phenoxy) is 1. The number of aliphatic hydroxyl groups is 1. The zero-order valence-electron chi connectivity index (χ0n) is 15.3. The number of rotatable bonds is 7. The van der Waals surface area contributed by atoms with Gasteiger partial charge >= 0.3 is 0 Å². The molecule has 0 saturated carbocycles. The number of hydrogen-bond acceptors (Lipinski definition) is 4. The normalized spacial score (nSPS) is 21.6. The fraction of sp³-hybridized carbons (Fsp3) is 0.550. The molecule has 0 bridgehead atoms. The molecule has 5 heteroatoms. The van der Waals surface area contributed by atoms with Gasteiger partial charge in [0.15, 0.2) is 0 Å². The first-order chi connectivity index (χ1) is 12.1. The monoisotopic (exact) mass is 343 g/mol. The van der Waals surface area contributed by atoms with Crippen molar-refractivity contribution in [2.24, 2.45) is 0 Å². The number of morpholine rings is 1. The number of aliphatic hydroxyl groups excluding tert-OH is 1. The van der Waals surface area contributed by atoms with Gasteiger partial charge in [-0.15, -0.1) is 0 Å². The van der Waals surface area contributed by atoms with E-state index >= 15 is 0 Å². The summed E-state index contributed by atoms with van der Waals surface area (Å²) in [5.74, 6) is 0. The van der Waals surface area contributed by atoms with Crippen molar-refractivity contribution in [2.45, 2.75) is 45.4 Å². The Bertz CT molecular complexity index is 668. The van der Waals surface area contributed by atoms with Gasteiger partial charge in [0.2, 0.25) is 0 Å². The molecule has 2 aromatic rings. The van der Waals surface area contributed by atoms with Crippen LogP contribution in [0.4, 0.5) is 0 Å². The smallest absolute Gasteiger partial charge is 0.108 e. The molecular formula is C20H29N3O2. The van der Waals surface area contributed by atoms with Crippen molar-refractivity contribution >= 4 is 0 Å². The highest BCUT2D eigenvalue weighted by Gasteiger charge is 2.36. The van der Waals surface area contributed by atoms with Crippen molar-refractivity contribution in [1.29, 1.82) is 0 Å². The van der Waals surface area contributed by atoms with Gasteiger partial charge in [0.25, 0.3) is 0 Å². The van der Waals surface area contributed by atoms with Crippen LogP contribution in [0.15, 0.2) is 36.7 Å². The molecule has 1 N–H and O–H groups in total. The maximum atomic E-state index is 10.0. The first-order valence-electron chi connectivity index (χ1n) is 9.16. The molecule has 3 rings (SSSR count).